The van der Waals surface area contributed by atoms with Gasteiger partial charge in [0.15, 0.2) is 0 Å². The smallest absolute Gasteiger partial charge is 0.115 e. The average molecular weight is 471 g/mol. The Morgan fingerprint density at radius 1 is 0.657 bits per heavy atom. The van der Waals surface area contributed by atoms with Gasteiger partial charge in [0, 0.05) is 32.7 Å². The van der Waals surface area contributed by atoms with Crippen molar-refractivity contribution in [2.75, 3.05) is 26.2 Å². The highest BCUT2D eigenvalue weighted by Gasteiger charge is 2.33. The van der Waals surface area contributed by atoms with Crippen LogP contribution in [0.15, 0.2) is 72.8 Å². The second kappa shape index (κ2) is 10.2. The molecular weight excluding hydrogens is 428 g/mol. The fourth-order valence-corrected chi connectivity index (χ4v) is 5.44. The topological polar surface area (TPSA) is 26.7 Å². The number of phenols is 1. The molecule has 1 heterocycles. The highest BCUT2D eigenvalue weighted by molar-refractivity contribution is 5.45. The molecule has 3 aromatic carbocycles. The third-order valence-electron chi connectivity index (χ3n) is 7.24. The van der Waals surface area contributed by atoms with Gasteiger partial charge in [-0.1, -0.05) is 102 Å². The monoisotopic (exact) mass is 470 g/mol. The summed E-state index contributed by atoms with van der Waals surface area (Å²) < 4.78 is 0. The molecule has 0 bridgehead atoms. The molecule has 3 nitrogen and oxygen atoms in total. The van der Waals surface area contributed by atoms with Gasteiger partial charge in [0.05, 0.1) is 6.04 Å². The van der Waals surface area contributed by atoms with Crippen molar-refractivity contribution in [1.29, 1.82) is 0 Å². The lowest BCUT2D eigenvalue weighted by Gasteiger charge is -2.42. The van der Waals surface area contributed by atoms with Gasteiger partial charge in [0.25, 0.3) is 0 Å². The van der Waals surface area contributed by atoms with Gasteiger partial charge >= 0.3 is 0 Å². The first-order chi connectivity index (χ1) is 16.5. The Balaban J connectivity index is 1.68. The number of rotatable bonds is 5. The van der Waals surface area contributed by atoms with Crippen molar-refractivity contribution in [3.63, 3.8) is 0 Å². The van der Waals surface area contributed by atoms with Crippen molar-refractivity contribution < 1.29 is 5.11 Å². The SMILES string of the molecule is CC(C)(C)c1ccccc1C(c1ccccc1C(C)(C)C)N1CCN(Cc2ccc(O)cc2)CC1. The predicted molar refractivity (Wildman–Crippen MR) is 147 cm³/mol. The van der Waals surface area contributed by atoms with Crippen LogP contribution in [0.1, 0.15) is 75.4 Å². The van der Waals surface area contributed by atoms with Crippen LogP contribution in [0, 0.1) is 0 Å². The lowest BCUT2D eigenvalue weighted by Crippen LogP contribution is -2.48. The number of aromatic hydroxyl groups is 1. The summed E-state index contributed by atoms with van der Waals surface area (Å²) in [6, 6.07) is 26.0. The van der Waals surface area contributed by atoms with Crippen molar-refractivity contribution in [2.24, 2.45) is 0 Å². The Hall–Kier alpha value is -2.62. The van der Waals surface area contributed by atoms with Crippen LogP contribution >= 0.6 is 0 Å². The molecule has 1 fully saturated rings. The van der Waals surface area contributed by atoms with Gasteiger partial charge in [-0.25, -0.2) is 0 Å². The summed E-state index contributed by atoms with van der Waals surface area (Å²) in [5.74, 6) is 0.330. The molecule has 3 heteroatoms. The summed E-state index contributed by atoms with van der Waals surface area (Å²) in [5.41, 5.74) is 7.13. The molecule has 1 N–H and O–H groups in total. The van der Waals surface area contributed by atoms with Crippen LogP contribution in [0.5, 0.6) is 5.75 Å². The van der Waals surface area contributed by atoms with Gasteiger partial charge < -0.3 is 5.11 Å². The number of piperazine rings is 1. The Bertz CT molecular complexity index is 1060. The third kappa shape index (κ3) is 5.97. The van der Waals surface area contributed by atoms with E-state index in [9.17, 15) is 5.11 Å². The van der Waals surface area contributed by atoms with E-state index in [1.54, 1.807) is 12.1 Å². The minimum Gasteiger partial charge on any atom is -0.508 e. The Kier molecular flexibility index (Phi) is 7.40. The van der Waals surface area contributed by atoms with E-state index < -0.39 is 0 Å². The number of hydrogen-bond donors (Lipinski definition) is 1. The van der Waals surface area contributed by atoms with Crippen LogP contribution < -0.4 is 0 Å². The van der Waals surface area contributed by atoms with Gasteiger partial charge in [-0.3, -0.25) is 9.80 Å². The zero-order valence-corrected chi connectivity index (χ0v) is 22.4. The largest absolute Gasteiger partial charge is 0.508 e. The lowest BCUT2D eigenvalue weighted by molar-refractivity contribution is 0.103. The maximum atomic E-state index is 9.61. The van der Waals surface area contributed by atoms with Crippen LogP contribution in [-0.4, -0.2) is 41.1 Å². The minimum atomic E-state index is 0.0756. The van der Waals surface area contributed by atoms with Crippen molar-refractivity contribution in [3.8, 4) is 5.75 Å². The molecule has 1 aliphatic rings. The first kappa shape index (κ1) is 25.5. The molecule has 0 spiro atoms. The second-order valence-corrected chi connectivity index (χ2v) is 12.1. The minimum absolute atomic E-state index is 0.0756. The zero-order chi connectivity index (χ0) is 25.2. The molecule has 0 aliphatic carbocycles. The summed E-state index contributed by atoms with van der Waals surface area (Å²) >= 11 is 0. The van der Waals surface area contributed by atoms with Gasteiger partial charge in [-0.2, -0.15) is 0 Å². The Morgan fingerprint density at radius 2 is 1.11 bits per heavy atom. The lowest BCUT2D eigenvalue weighted by atomic mass is 9.76. The number of benzene rings is 3. The summed E-state index contributed by atoms with van der Waals surface area (Å²) in [7, 11) is 0. The maximum absolute atomic E-state index is 9.61. The van der Waals surface area contributed by atoms with E-state index in [1.165, 1.54) is 27.8 Å². The number of hydrogen-bond acceptors (Lipinski definition) is 3. The third-order valence-corrected chi connectivity index (χ3v) is 7.24. The molecule has 0 atom stereocenters. The standard InChI is InChI=1S/C32H42N2O/c1-31(2,3)28-13-9-7-11-26(28)30(27-12-8-10-14-29(27)32(4,5)6)34-21-19-33(20-22-34)23-24-15-17-25(35)18-16-24/h7-18,30,35H,19-23H2,1-6H3. The van der Waals surface area contributed by atoms with Crippen LogP contribution in [0.2, 0.25) is 0 Å². The molecule has 0 aromatic heterocycles. The van der Waals surface area contributed by atoms with E-state index in [1.807, 2.05) is 12.1 Å². The quantitative estimate of drug-likeness (QED) is 0.440. The normalized spacial score (nSPS) is 16.1. The van der Waals surface area contributed by atoms with Crippen LogP contribution in [-0.2, 0) is 17.4 Å². The molecule has 35 heavy (non-hydrogen) atoms. The molecule has 3 aromatic rings. The molecular formula is C32H42N2O. The zero-order valence-electron chi connectivity index (χ0n) is 22.4. The van der Waals surface area contributed by atoms with Crippen molar-refractivity contribution in [2.45, 2.75) is 65.0 Å². The second-order valence-electron chi connectivity index (χ2n) is 12.1. The summed E-state index contributed by atoms with van der Waals surface area (Å²) in [6.07, 6.45) is 0. The van der Waals surface area contributed by atoms with Crippen molar-refractivity contribution >= 4 is 0 Å². The van der Waals surface area contributed by atoms with E-state index in [2.05, 4.69) is 99.9 Å². The van der Waals surface area contributed by atoms with Gasteiger partial charge in [0.1, 0.15) is 5.75 Å². The Labute approximate surface area is 212 Å². The molecule has 4 rings (SSSR count). The molecule has 186 valence electrons. The van der Waals surface area contributed by atoms with E-state index in [0.717, 1.165) is 32.7 Å². The van der Waals surface area contributed by atoms with Gasteiger partial charge in [-0.15, -0.1) is 0 Å². The summed E-state index contributed by atoms with van der Waals surface area (Å²) in [4.78, 5) is 5.23. The summed E-state index contributed by atoms with van der Waals surface area (Å²) in [6.45, 7) is 19.0. The van der Waals surface area contributed by atoms with Gasteiger partial charge in [0.2, 0.25) is 0 Å². The molecule has 1 aliphatic heterocycles. The fourth-order valence-electron chi connectivity index (χ4n) is 5.44. The average Bonchev–Trinajstić information content (AvgIpc) is 2.81. The molecule has 0 saturated carbocycles. The van der Waals surface area contributed by atoms with E-state index in [4.69, 9.17) is 0 Å². The molecule has 1 saturated heterocycles. The van der Waals surface area contributed by atoms with E-state index in [0.29, 0.717) is 5.75 Å². The van der Waals surface area contributed by atoms with Crippen LogP contribution in [0.4, 0.5) is 0 Å². The molecule has 0 unspecified atom stereocenters. The van der Waals surface area contributed by atoms with Crippen molar-refractivity contribution in [3.05, 3.63) is 101 Å². The number of phenolic OH excluding ortho intramolecular Hbond substituents is 1. The molecule has 0 amide bonds. The van der Waals surface area contributed by atoms with Crippen LogP contribution in [0.3, 0.4) is 0 Å². The molecule has 0 radical (unpaired) electrons. The van der Waals surface area contributed by atoms with Crippen LogP contribution in [0.25, 0.3) is 0 Å². The maximum Gasteiger partial charge on any atom is 0.115 e. The fraction of sp³-hybridized carbons (Fsp3) is 0.438. The highest BCUT2D eigenvalue weighted by atomic mass is 16.3. The number of nitrogens with zero attached hydrogens (tertiary/aromatic N) is 2. The van der Waals surface area contributed by atoms with E-state index >= 15 is 0 Å². The Morgan fingerprint density at radius 3 is 1.57 bits per heavy atom. The first-order valence-electron chi connectivity index (χ1n) is 13.0. The van der Waals surface area contributed by atoms with E-state index in [-0.39, 0.29) is 16.9 Å². The van der Waals surface area contributed by atoms with Gasteiger partial charge in [-0.05, 0) is 50.8 Å². The highest BCUT2D eigenvalue weighted by Crippen LogP contribution is 2.40. The first-order valence-corrected chi connectivity index (χ1v) is 13.0. The predicted octanol–water partition coefficient (Wildman–Crippen LogP) is 6.89. The van der Waals surface area contributed by atoms with Crippen molar-refractivity contribution in [1.82, 2.24) is 9.80 Å². The summed E-state index contributed by atoms with van der Waals surface area (Å²) in [5, 5.41) is 9.61.